The summed E-state index contributed by atoms with van der Waals surface area (Å²) in [5.74, 6) is 0. The molecule has 2 heterocycles. The predicted molar refractivity (Wildman–Crippen MR) is 80.7 cm³/mol. The Bertz CT molecular complexity index is 377. The van der Waals surface area contributed by atoms with Crippen LogP contribution >= 0.6 is 11.3 Å². The maximum absolute atomic E-state index is 10.8. The van der Waals surface area contributed by atoms with Crippen LogP contribution in [0.1, 0.15) is 50.5 Å². The highest BCUT2D eigenvalue weighted by Gasteiger charge is 2.45. The van der Waals surface area contributed by atoms with Gasteiger partial charge < -0.3 is 5.11 Å². The third-order valence-electron chi connectivity index (χ3n) is 5.11. The number of nitrogens with zero attached hydrogens (tertiary/aromatic N) is 1. The van der Waals surface area contributed by atoms with Gasteiger partial charge >= 0.3 is 0 Å². The number of rotatable bonds is 5. The lowest BCUT2D eigenvalue weighted by Gasteiger charge is -2.42. The summed E-state index contributed by atoms with van der Waals surface area (Å²) in [6.45, 7) is 2.41. The maximum Gasteiger partial charge on any atom is 0.0727 e. The molecule has 2 fully saturated rings. The van der Waals surface area contributed by atoms with Crippen LogP contribution in [0.5, 0.6) is 0 Å². The van der Waals surface area contributed by atoms with E-state index in [9.17, 15) is 5.11 Å². The fraction of sp³-hybridized carbons (Fsp3) is 0.750. The molecular formula is C16H25NOS. The number of aryl methyl sites for hydroxylation is 1. The molecule has 1 saturated heterocycles. The summed E-state index contributed by atoms with van der Waals surface area (Å²) in [7, 11) is 0. The highest BCUT2D eigenvalue weighted by atomic mass is 32.1. The SMILES string of the molecule is OC(CCc1ccsc1)C1(N2CCCC2)CCCC1. The molecule has 1 atom stereocenters. The van der Waals surface area contributed by atoms with Crippen molar-refractivity contribution >= 4 is 11.3 Å². The van der Waals surface area contributed by atoms with E-state index < -0.39 is 0 Å². The van der Waals surface area contributed by atoms with E-state index in [-0.39, 0.29) is 11.6 Å². The minimum Gasteiger partial charge on any atom is -0.391 e. The Morgan fingerprint density at radius 3 is 2.58 bits per heavy atom. The van der Waals surface area contributed by atoms with E-state index in [1.54, 1.807) is 11.3 Å². The van der Waals surface area contributed by atoms with Crippen molar-refractivity contribution in [3.63, 3.8) is 0 Å². The minimum absolute atomic E-state index is 0.118. The van der Waals surface area contributed by atoms with Crippen LogP contribution in [0.3, 0.4) is 0 Å². The summed E-state index contributed by atoms with van der Waals surface area (Å²) in [6.07, 6.45) is 9.45. The highest BCUT2D eigenvalue weighted by molar-refractivity contribution is 7.07. The Morgan fingerprint density at radius 1 is 1.21 bits per heavy atom. The normalized spacial score (nSPS) is 24.9. The molecule has 19 heavy (non-hydrogen) atoms. The van der Waals surface area contributed by atoms with Crippen molar-refractivity contribution in [3.8, 4) is 0 Å². The first kappa shape index (κ1) is 13.6. The smallest absolute Gasteiger partial charge is 0.0727 e. The third-order valence-corrected chi connectivity index (χ3v) is 5.84. The van der Waals surface area contributed by atoms with E-state index in [4.69, 9.17) is 0 Å². The van der Waals surface area contributed by atoms with Crippen molar-refractivity contribution in [2.75, 3.05) is 13.1 Å². The molecule has 1 N–H and O–H groups in total. The van der Waals surface area contributed by atoms with Crippen molar-refractivity contribution in [3.05, 3.63) is 22.4 Å². The molecular weight excluding hydrogens is 254 g/mol. The zero-order valence-corrected chi connectivity index (χ0v) is 12.5. The standard InChI is InChI=1S/C16H25NOS/c18-15(6-5-14-7-12-19-13-14)16(8-1-2-9-16)17-10-3-4-11-17/h7,12-13,15,18H,1-6,8-11H2. The van der Waals surface area contributed by atoms with Crippen LogP contribution in [0.25, 0.3) is 0 Å². The molecule has 0 aromatic carbocycles. The van der Waals surface area contributed by atoms with Gasteiger partial charge in [-0.25, -0.2) is 0 Å². The monoisotopic (exact) mass is 279 g/mol. The number of thiophene rings is 1. The molecule has 1 unspecified atom stereocenters. The van der Waals surface area contributed by atoms with Crippen molar-refractivity contribution in [1.29, 1.82) is 0 Å². The second-order valence-corrected chi connectivity index (χ2v) is 6.97. The van der Waals surface area contributed by atoms with Gasteiger partial charge in [-0.2, -0.15) is 11.3 Å². The van der Waals surface area contributed by atoms with Crippen molar-refractivity contribution in [2.24, 2.45) is 0 Å². The Kier molecular flexibility index (Phi) is 4.25. The fourth-order valence-electron chi connectivity index (χ4n) is 4.02. The molecule has 2 aliphatic rings. The minimum atomic E-state index is -0.145. The van der Waals surface area contributed by atoms with E-state index >= 15 is 0 Å². The van der Waals surface area contributed by atoms with Gasteiger partial charge in [-0.1, -0.05) is 12.8 Å². The second-order valence-electron chi connectivity index (χ2n) is 6.19. The molecule has 2 nitrogen and oxygen atoms in total. The van der Waals surface area contributed by atoms with Gasteiger partial charge in [-0.15, -0.1) is 0 Å². The number of hydrogen-bond donors (Lipinski definition) is 1. The van der Waals surface area contributed by atoms with Gasteiger partial charge in [-0.3, -0.25) is 4.90 Å². The zero-order valence-electron chi connectivity index (χ0n) is 11.7. The molecule has 1 aromatic rings. The molecule has 0 radical (unpaired) electrons. The van der Waals surface area contributed by atoms with E-state index in [0.717, 1.165) is 12.8 Å². The molecule has 1 aromatic heterocycles. The van der Waals surface area contributed by atoms with Crippen LogP contribution in [0.2, 0.25) is 0 Å². The average molecular weight is 279 g/mol. The highest BCUT2D eigenvalue weighted by Crippen LogP contribution is 2.41. The van der Waals surface area contributed by atoms with Gasteiger partial charge in [0.2, 0.25) is 0 Å². The molecule has 106 valence electrons. The van der Waals surface area contributed by atoms with Gasteiger partial charge in [0.25, 0.3) is 0 Å². The molecule has 0 spiro atoms. The van der Waals surface area contributed by atoms with Crippen LogP contribution in [-0.2, 0) is 6.42 Å². The Hall–Kier alpha value is -0.380. The summed E-state index contributed by atoms with van der Waals surface area (Å²) in [5.41, 5.74) is 1.51. The lowest BCUT2D eigenvalue weighted by atomic mass is 9.85. The topological polar surface area (TPSA) is 23.5 Å². The van der Waals surface area contributed by atoms with Gasteiger partial charge in [0, 0.05) is 5.54 Å². The Balaban J connectivity index is 1.65. The molecule has 1 saturated carbocycles. The van der Waals surface area contributed by atoms with Crippen LogP contribution in [0, 0.1) is 0 Å². The van der Waals surface area contributed by atoms with Crippen LogP contribution < -0.4 is 0 Å². The van der Waals surface area contributed by atoms with E-state index in [1.165, 1.54) is 57.2 Å². The first-order valence-corrected chi connectivity index (χ1v) is 8.70. The summed E-state index contributed by atoms with van der Waals surface area (Å²) in [6, 6.07) is 2.19. The lowest BCUT2D eigenvalue weighted by Crippen LogP contribution is -2.54. The first-order chi connectivity index (χ1) is 9.31. The van der Waals surface area contributed by atoms with Crippen molar-refractivity contribution < 1.29 is 5.11 Å². The van der Waals surface area contributed by atoms with Crippen LogP contribution in [0.15, 0.2) is 16.8 Å². The summed E-state index contributed by atoms with van der Waals surface area (Å²) in [4.78, 5) is 2.61. The van der Waals surface area contributed by atoms with Gasteiger partial charge in [0.15, 0.2) is 0 Å². The van der Waals surface area contributed by atoms with E-state index in [0.29, 0.717) is 0 Å². The number of hydrogen-bond acceptors (Lipinski definition) is 3. The summed E-state index contributed by atoms with van der Waals surface area (Å²) < 4.78 is 0. The Morgan fingerprint density at radius 2 is 1.95 bits per heavy atom. The molecule has 1 aliphatic carbocycles. The van der Waals surface area contributed by atoms with Crippen LogP contribution in [0.4, 0.5) is 0 Å². The van der Waals surface area contributed by atoms with E-state index in [1.807, 2.05) is 0 Å². The van der Waals surface area contributed by atoms with Gasteiger partial charge in [0.1, 0.15) is 0 Å². The van der Waals surface area contributed by atoms with Crippen LogP contribution in [-0.4, -0.2) is 34.7 Å². The van der Waals surface area contributed by atoms with Crippen molar-refractivity contribution in [2.45, 2.75) is 63.0 Å². The molecule has 3 rings (SSSR count). The molecule has 0 amide bonds. The number of aliphatic hydroxyl groups is 1. The average Bonchev–Trinajstić information content (AvgIpc) is 3.15. The van der Waals surface area contributed by atoms with E-state index in [2.05, 4.69) is 21.7 Å². The van der Waals surface area contributed by atoms with Gasteiger partial charge in [0.05, 0.1) is 6.10 Å². The molecule has 1 aliphatic heterocycles. The first-order valence-electron chi connectivity index (χ1n) is 7.75. The fourth-order valence-corrected chi connectivity index (χ4v) is 4.72. The lowest BCUT2D eigenvalue weighted by molar-refractivity contribution is -0.0217. The third kappa shape index (κ3) is 2.74. The quantitative estimate of drug-likeness (QED) is 0.892. The van der Waals surface area contributed by atoms with Gasteiger partial charge in [-0.05, 0) is 74.0 Å². The summed E-state index contributed by atoms with van der Waals surface area (Å²) >= 11 is 1.76. The predicted octanol–water partition coefficient (Wildman–Crippen LogP) is 3.45. The molecule has 0 bridgehead atoms. The second kappa shape index (κ2) is 5.94. The van der Waals surface area contributed by atoms with Crippen molar-refractivity contribution in [1.82, 2.24) is 4.90 Å². The Labute approximate surface area is 120 Å². The number of likely N-dealkylation sites (tertiary alicyclic amines) is 1. The maximum atomic E-state index is 10.8. The zero-order chi connectivity index (χ0) is 13.1. The largest absolute Gasteiger partial charge is 0.391 e. The molecule has 3 heteroatoms. The number of aliphatic hydroxyl groups excluding tert-OH is 1. The summed E-state index contributed by atoms with van der Waals surface area (Å²) in [5, 5.41) is 15.2.